The Morgan fingerprint density at radius 3 is 2.13 bits per heavy atom. The van der Waals surface area contributed by atoms with Gasteiger partial charge in [-0.2, -0.15) is 0 Å². The molecule has 0 aliphatic rings. The third-order valence-electron chi connectivity index (χ3n) is 4.39. The van der Waals surface area contributed by atoms with Gasteiger partial charge in [0.25, 0.3) is 10.0 Å². The van der Waals surface area contributed by atoms with Crippen LogP contribution in [0.5, 0.6) is 0 Å². The van der Waals surface area contributed by atoms with Crippen molar-refractivity contribution in [3.8, 4) is 0 Å². The zero-order valence-electron chi connectivity index (χ0n) is 15.8. The first-order valence-corrected chi connectivity index (χ1v) is 11.7. The topological polar surface area (TPSA) is 84.0 Å². The molecule has 0 aliphatic carbocycles. The summed E-state index contributed by atoms with van der Waals surface area (Å²) in [5, 5.41) is 3.98. The van der Waals surface area contributed by atoms with E-state index in [-0.39, 0.29) is 26.6 Å². The van der Waals surface area contributed by atoms with Crippen molar-refractivity contribution < 1.29 is 8.42 Å². The van der Waals surface area contributed by atoms with Crippen LogP contribution in [0.15, 0.2) is 71.6 Å². The lowest BCUT2D eigenvalue weighted by atomic mass is 10.2. The summed E-state index contributed by atoms with van der Waals surface area (Å²) >= 11 is 18.3. The molecule has 4 rings (SSSR count). The summed E-state index contributed by atoms with van der Waals surface area (Å²) < 4.78 is 28.5. The Kier molecular flexibility index (Phi) is 6.20. The van der Waals surface area contributed by atoms with Gasteiger partial charge in [-0.1, -0.05) is 65.1 Å². The van der Waals surface area contributed by atoms with Crippen molar-refractivity contribution in [1.29, 1.82) is 0 Å². The molecule has 0 spiro atoms. The minimum absolute atomic E-state index is 0.0294. The van der Waals surface area contributed by atoms with Gasteiger partial charge in [0.1, 0.15) is 4.90 Å². The van der Waals surface area contributed by atoms with Gasteiger partial charge >= 0.3 is 0 Å². The van der Waals surface area contributed by atoms with E-state index in [1.165, 1.54) is 18.2 Å². The van der Waals surface area contributed by atoms with Crippen LogP contribution in [0.3, 0.4) is 0 Å². The lowest BCUT2D eigenvalue weighted by Crippen LogP contribution is -2.17. The summed E-state index contributed by atoms with van der Waals surface area (Å²) in [6, 6.07) is 18.7. The summed E-state index contributed by atoms with van der Waals surface area (Å²) in [6.07, 6.45) is 0. The first kappa shape index (κ1) is 21.6. The van der Waals surface area contributed by atoms with Crippen LogP contribution in [0.25, 0.3) is 11.0 Å². The summed E-state index contributed by atoms with van der Waals surface area (Å²) in [5.74, 6) is 0.280. The molecule has 0 radical (unpaired) electrons. The number of para-hydroxylation sites is 2. The van der Waals surface area contributed by atoms with E-state index >= 15 is 0 Å². The second-order valence-corrected chi connectivity index (χ2v) is 9.44. The van der Waals surface area contributed by atoms with Crippen molar-refractivity contribution in [3.05, 3.63) is 87.4 Å². The van der Waals surface area contributed by atoms with Crippen molar-refractivity contribution in [2.75, 3.05) is 10.0 Å². The van der Waals surface area contributed by atoms with E-state index in [0.717, 1.165) is 5.56 Å². The summed E-state index contributed by atoms with van der Waals surface area (Å²) in [6.45, 7) is 0.319. The molecule has 0 atom stereocenters. The molecule has 10 heteroatoms. The van der Waals surface area contributed by atoms with Crippen LogP contribution in [0.4, 0.5) is 11.6 Å². The van der Waals surface area contributed by atoms with Crippen LogP contribution in [0, 0.1) is 0 Å². The first-order chi connectivity index (χ1) is 14.8. The largest absolute Gasteiger partial charge is 0.363 e. The lowest BCUT2D eigenvalue weighted by Gasteiger charge is -2.15. The molecule has 3 aromatic carbocycles. The minimum atomic E-state index is -4.08. The zero-order chi connectivity index (χ0) is 22.0. The molecule has 6 nitrogen and oxygen atoms in total. The summed E-state index contributed by atoms with van der Waals surface area (Å²) in [5.41, 5.74) is 1.96. The van der Waals surface area contributed by atoms with Crippen LogP contribution < -0.4 is 10.0 Å². The molecule has 1 heterocycles. The second-order valence-electron chi connectivity index (χ2n) is 6.53. The van der Waals surface area contributed by atoms with Crippen LogP contribution in [0.1, 0.15) is 5.56 Å². The van der Waals surface area contributed by atoms with E-state index < -0.39 is 10.0 Å². The van der Waals surface area contributed by atoms with E-state index in [1.54, 1.807) is 24.3 Å². The molecule has 0 bridgehead atoms. The average molecular weight is 494 g/mol. The Morgan fingerprint density at radius 2 is 1.42 bits per heavy atom. The fraction of sp³-hybridized carbons (Fsp3) is 0.0476. The fourth-order valence-corrected chi connectivity index (χ4v) is 4.86. The molecule has 2 N–H and O–H groups in total. The number of nitrogens with one attached hydrogen (secondary N) is 2. The van der Waals surface area contributed by atoms with Gasteiger partial charge in [-0.25, -0.2) is 18.4 Å². The van der Waals surface area contributed by atoms with Gasteiger partial charge in [0.15, 0.2) is 11.6 Å². The maximum Gasteiger partial charge on any atom is 0.264 e. The molecule has 158 valence electrons. The number of aromatic nitrogens is 2. The summed E-state index contributed by atoms with van der Waals surface area (Å²) in [7, 11) is -4.08. The molecule has 0 aliphatic heterocycles. The zero-order valence-corrected chi connectivity index (χ0v) is 18.9. The number of halogens is 3. The SMILES string of the molecule is O=S(=O)(Nc1nc2ccccc2nc1NCc1ccccc1Cl)c1cc(Cl)ccc1Cl. The van der Waals surface area contributed by atoms with E-state index in [4.69, 9.17) is 34.8 Å². The highest BCUT2D eigenvalue weighted by Gasteiger charge is 2.22. The number of nitrogens with zero attached hydrogens (tertiary/aromatic N) is 2. The van der Waals surface area contributed by atoms with Gasteiger partial charge in [-0.3, -0.25) is 4.72 Å². The van der Waals surface area contributed by atoms with Gasteiger partial charge in [0.05, 0.1) is 16.1 Å². The highest BCUT2D eigenvalue weighted by molar-refractivity contribution is 7.92. The Hall–Kier alpha value is -2.58. The van der Waals surface area contributed by atoms with Crippen molar-refractivity contribution >= 4 is 67.5 Å². The van der Waals surface area contributed by atoms with Crippen molar-refractivity contribution in [2.45, 2.75) is 11.4 Å². The Morgan fingerprint density at radius 1 is 0.774 bits per heavy atom. The van der Waals surface area contributed by atoms with E-state index in [9.17, 15) is 8.42 Å². The first-order valence-electron chi connectivity index (χ1n) is 9.05. The lowest BCUT2D eigenvalue weighted by molar-refractivity contribution is 0.601. The smallest absolute Gasteiger partial charge is 0.264 e. The predicted molar refractivity (Wildman–Crippen MR) is 126 cm³/mol. The normalized spacial score (nSPS) is 11.5. The Bertz CT molecular complexity index is 1380. The Labute approximate surface area is 194 Å². The molecule has 0 amide bonds. The monoisotopic (exact) mass is 492 g/mol. The van der Waals surface area contributed by atoms with Crippen LogP contribution in [-0.2, 0) is 16.6 Å². The number of hydrogen-bond donors (Lipinski definition) is 2. The van der Waals surface area contributed by atoms with E-state index in [1.807, 2.05) is 24.3 Å². The molecule has 0 fully saturated rings. The number of sulfonamides is 1. The maximum absolute atomic E-state index is 13.0. The van der Waals surface area contributed by atoms with Crippen LogP contribution in [-0.4, -0.2) is 18.4 Å². The summed E-state index contributed by atoms with van der Waals surface area (Å²) in [4.78, 5) is 8.82. The van der Waals surface area contributed by atoms with Crippen LogP contribution >= 0.6 is 34.8 Å². The highest BCUT2D eigenvalue weighted by Crippen LogP contribution is 2.29. The fourth-order valence-electron chi connectivity index (χ4n) is 2.88. The standard InChI is InChI=1S/C21H15Cl3N4O2S/c22-14-9-10-16(24)19(11-14)31(29,30)28-21-20(25-12-13-5-1-2-6-15(13)23)26-17-7-3-4-8-18(17)27-21/h1-11H,12H2,(H,25,26)(H,27,28). The molecule has 0 saturated heterocycles. The molecule has 0 unspecified atom stereocenters. The molecular weight excluding hydrogens is 479 g/mol. The maximum atomic E-state index is 13.0. The number of hydrogen-bond acceptors (Lipinski definition) is 5. The number of anilines is 2. The molecule has 31 heavy (non-hydrogen) atoms. The van der Waals surface area contributed by atoms with Gasteiger partial charge in [-0.15, -0.1) is 0 Å². The Balaban J connectivity index is 1.74. The van der Waals surface area contributed by atoms with Gasteiger partial charge in [0.2, 0.25) is 0 Å². The third-order valence-corrected chi connectivity index (χ3v) is 6.81. The van der Waals surface area contributed by atoms with Crippen molar-refractivity contribution in [2.24, 2.45) is 0 Å². The van der Waals surface area contributed by atoms with Gasteiger partial charge in [-0.05, 0) is 42.0 Å². The molecule has 0 saturated carbocycles. The average Bonchev–Trinajstić information content (AvgIpc) is 2.74. The van der Waals surface area contributed by atoms with Gasteiger partial charge in [0, 0.05) is 16.6 Å². The number of fused-ring (bicyclic) bond motifs is 1. The quantitative estimate of drug-likeness (QED) is 0.344. The highest BCUT2D eigenvalue weighted by atomic mass is 35.5. The van der Waals surface area contributed by atoms with Crippen LogP contribution in [0.2, 0.25) is 15.1 Å². The van der Waals surface area contributed by atoms with E-state index in [0.29, 0.717) is 22.6 Å². The third kappa shape index (κ3) is 4.85. The number of benzene rings is 3. The molecule has 4 aromatic rings. The van der Waals surface area contributed by atoms with Crippen molar-refractivity contribution in [1.82, 2.24) is 9.97 Å². The predicted octanol–water partition coefficient (Wildman–Crippen LogP) is 6.00. The molecular formula is C21H15Cl3N4O2S. The second kappa shape index (κ2) is 8.88. The van der Waals surface area contributed by atoms with E-state index in [2.05, 4.69) is 20.0 Å². The number of rotatable bonds is 6. The minimum Gasteiger partial charge on any atom is -0.363 e. The van der Waals surface area contributed by atoms with Crippen molar-refractivity contribution in [3.63, 3.8) is 0 Å². The molecule has 1 aromatic heterocycles. The van der Waals surface area contributed by atoms with Gasteiger partial charge < -0.3 is 5.32 Å².